The average Bonchev–Trinajstić information content (AvgIpc) is 1.98. The standard InChI is InChI=1S/C8H18NO/c1-3-5-8(4-2)9-6-7-10/h8-9H,3-7H2,1-2H3. The monoisotopic (exact) mass is 144 g/mol. The summed E-state index contributed by atoms with van der Waals surface area (Å²) in [4.78, 5) is 0. The maximum atomic E-state index is 10.1. The van der Waals surface area contributed by atoms with Crippen LogP contribution in [0.5, 0.6) is 0 Å². The van der Waals surface area contributed by atoms with Gasteiger partial charge in [0.2, 0.25) is 0 Å². The summed E-state index contributed by atoms with van der Waals surface area (Å²) >= 11 is 0. The van der Waals surface area contributed by atoms with E-state index < -0.39 is 0 Å². The first-order valence-corrected chi connectivity index (χ1v) is 4.16. The Labute approximate surface area is 63.6 Å². The van der Waals surface area contributed by atoms with Gasteiger partial charge in [-0.2, -0.15) is 0 Å². The molecule has 1 N–H and O–H groups in total. The van der Waals surface area contributed by atoms with Crippen LogP contribution in [-0.2, 0) is 5.11 Å². The van der Waals surface area contributed by atoms with Crippen molar-refractivity contribution in [3.8, 4) is 0 Å². The quantitative estimate of drug-likeness (QED) is 0.603. The summed E-state index contributed by atoms with van der Waals surface area (Å²) in [6.45, 7) is 4.94. The predicted molar refractivity (Wildman–Crippen MR) is 42.5 cm³/mol. The third-order valence-corrected chi connectivity index (χ3v) is 1.67. The summed E-state index contributed by atoms with van der Waals surface area (Å²) < 4.78 is 0. The second-order valence-electron chi connectivity index (χ2n) is 2.55. The Balaban J connectivity index is 3.21. The Bertz CT molecular complexity index is 66.3. The Morgan fingerprint density at radius 2 is 2.10 bits per heavy atom. The SMILES string of the molecule is CCCC(CC)NCC[O]. The number of rotatable bonds is 6. The maximum Gasteiger partial charge on any atom is 0.0946 e. The Kier molecular flexibility index (Phi) is 6.98. The van der Waals surface area contributed by atoms with E-state index in [-0.39, 0.29) is 6.61 Å². The van der Waals surface area contributed by atoms with Gasteiger partial charge < -0.3 is 5.32 Å². The van der Waals surface area contributed by atoms with Crippen molar-refractivity contribution in [2.75, 3.05) is 13.2 Å². The second kappa shape index (κ2) is 7.03. The lowest BCUT2D eigenvalue weighted by molar-refractivity contribution is 0.189. The molecule has 0 spiro atoms. The molecule has 0 aliphatic rings. The molecule has 0 aliphatic heterocycles. The molecule has 0 bridgehead atoms. The molecule has 0 saturated carbocycles. The molecule has 1 atom stereocenters. The van der Waals surface area contributed by atoms with Gasteiger partial charge in [-0.1, -0.05) is 20.3 Å². The van der Waals surface area contributed by atoms with Gasteiger partial charge in [0.15, 0.2) is 0 Å². The second-order valence-corrected chi connectivity index (χ2v) is 2.55. The first kappa shape index (κ1) is 9.92. The highest BCUT2D eigenvalue weighted by atomic mass is 16.3. The van der Waals surface area contributed by atoms with Gasteiger partial charge in [-0.3, -0.25) is 0 Å². The van der Waals surface area contributed by atoms with Crippen molar-refractivity contribution >= 4 is 0 Å². The van der Waals surface area contributed by atoms with Crippen LogP contribution in [0.2, 0.25) is 0 Å². The van der Waals surface area contributed by atoms with Gasteiger partial charge >= 0.3 is 0 Å². The lowest BCUT2D eigenvalue weighted by Gasteiger charge is -2.13. The van der Waals surface area contributed by atoms with E-state index in [9.17, 15) is 5.11 Å². The highest BCUT2D eigenvalue weighted by Gasteiger charge is 2.01. The molecule has 1 radical (unpaired) electrons. The molecule has 61 valence electrons. The van der Waals surface area contributed by atoms with E-state index in [1.807, 2.05) is 0 Å². The van der Waals surface area contributed by atoms with Crippen LogP contribution in [0, 0.1) is 0 Å². The number of hydrogen-bond acceptors (Lipinski definition) is 1. The summed E-state index contributed by atoms with van der Waals surface area (Å²) in [5.41, 5.74) is 0. The molecule has 0 aromatic rings. The van der Waals surface area contributed by atoms with E-state index in [1.54, 1.807) is 0 Å². The van der Waals surface area contributed by atoms with Crippen LogP contribution in [0.1, 0.15) is 33.1 Å². The molecule has 0 amide bonds. The van der Waals surface area contributed by atoms with Crippen molar-refractivity contribution in [1.82, 2.24) is 5.32 Å². The smallest absolute Gasteiger partial charge is 0.0946 e. The summed E-state index contributed by atoms with van der Waals surface area (Å²) in [6, 6.07) is 0.568. The third-order valence-electron chi connectivity index (χ3n) is 1.67. The molecule has 0 aromatic heterocycles. The zero-order valence-corrected chi connectivity index (χ0v) is 7.02. The lowest BCUT2D eigenvalue weighted by atomic mass is 10.1. The van der Waals surface area contributed by atoms with Crippen molar-refractivity contribution in [2.45, 2.75) is 39.2 Å². The molecule has 2 heteroatoms. The van der Waals surface area contributed by atoms with Gasteiger partial charge in [-0.05, 0) is 12.8 Å². The Hall–Kier alpha value is -0.0800. The Morgan fingerprint density at radius 1 is 1.40 bits per heavy atom. The molecular weight excluding hydrogens is 126 g/mol. The topological polar surface area (TPSA) is 31.9 Å². The van der Waals surface area contributed by atoms with E-state index in [4.69, 9.17) is 0 Å². The first-order valence-electron chi connectivity index (χ1n) is 4.16. The summed E-state index contributed by atoms with van der Waals surface area (Å²) in [5.74, 6) is 0. The van der Waals surface area contributed by atoms with Crippen LogP contribution >= 0.6 is 0 Å². The normalized spacial score (nSPS) is 13.5. The molecule has 10 heavy (non-hydrogen) atoms. The van der Waals surface area contributed by atoms with Gasteiger partial charge in [0.05, 0.1) is 6.61 Å². The van der Waals surface area contributed by atoms with Crippen LogP contribution in [-0.4, -0.2) is 19.2 Å². The van der Waals surface area contributed by atoms with Crippen molar-refractivity contribution in [1.29, 1.82) is 0 Å². The van der Waals surface area contributed by atoms with E-state index >= 15 is 0 Å². The summed E-state index contributed by atoms with van der Waals surface area (Å²) in [5, 5.41) is 13.3. The van der Waals surface area contributed by atoms with E-state index in [0.717, 1.165) is 6.42 Å². The Morgan fingerprint density at radius 3 is 2.50 bits per heavy atom. The zero-order chi connectivity index (χ0) is 7.82. The third kappa shape index (κ3) is 4.77. The minimum Gasteiger partial charge on any atom is -0.312 e. The summed E-state index contributed by atoms with van der Waals surface area (Å²) in [7, 11) is 0. The molecule has 0 heterocycles. The lowest BCUT2D eigenvalue weighted by Crippen LogP contribution is -2.30. The van der Waals surface area contributed by atoms with Crippen molar-refractivity contribution in [3.63, 3.8) is 0 Å². The van der Waals surface area contributed by atoms with Gasteiger partial charge in [0, 0.05) is 12.6 Å². The van der Waals surface area contributed by atoms with Crippen molar-refractivity contribution < 1.29 is 5.11 Å². The molecule has 0 aliphatic carbocycles. The molecule has 0 rings (SSSR count). The maximum absolute atomic E-state index is 10.1. The minimum absolute atomic E-state index is 0.000213. The van der Waals surface area contributed by atoms with Gasteiger partial charge in [-0.25, -0.2) is 5.11 Å². The van der Waals surface area contributed by atoms with Crippen LogP contribution in [0.15, 0.2) is 0 Å². The van der Waals surface area contributed by atoms with Gasteiger partial charge in [0.1, 0.15) is 0 Å². The van der Waals surface area contributed by atoms with Gasteiger partial charge in [-0.15, -0.1) is 0 Å². The van der Waals surface area contributed by atoms with E-state index in [1.165, 1.54) is 12.8 Å². The van der Waals surface area contributed by atoms with E-state index in [2.05, 4.69) is 19.2 Å². The van der Waals surface area contributed by atoms with E-state index in [0.29, 0.717) is 12.6 Å². The minimum atomic E-state index is 0.000213. The molecule has 1 unspecified atom stereocenters. The van der Waals surface area contributed by atoms with Crippen LogP contribution in [0.25, 0.3) is 0 Å². The molecule has 2 nitrogen and oxygen atoms in total. The first-order chi connectivity index (χ1) is 4.85. The number of nitrogens with one attached hydrogen (secondary N) is 1. The van der Waals surface area contributed by atoms with Crippen molar-refractivity contribution in [3.05, 3.63) is 0 Å². The molecule has 0 aromatic carbocycles. The fourth-order valence-electron chi connectivity index (χ4n) is 1.06. The molecule has 0 saturated heterocycles. The molecular formula is C8H18NO. The predicted octanol–water partition coefficient (Wildman–Crippen LogP) is 1.59. The zero-order valence-electron chi connectivity index (χ0n) is 7.02. The largest absolute Gasteiger partial charge is 0.312 e. The van der Waals surface area contributed by atoms with Crippen LogP contribution in [0.3, 0.4) is 0 Å². The van der Waals surface area contributed by atoms with Gasteiger partial charge in [0.25, 0.3) is 0 Å². The number of hydrogen-bond donors (Lipinski definition) is 1. The molecule has 0 fully saturated rings. The van der Waals surface area contributed by atoms with Crippen LogP contribution < -0.4 is 5.32 Å². The van der Waals surface area contributed by atoms with Crippen molar-refractivity contribution in [2.24, 2.45) is 0 Å². The fraction of sp³-hybridized carbons (Fsp3) is 1.00. The highest BCUT2D eigenvalue weighted by molar-refractivity contribution is 4.62. The summed E-state index contributed by atoms with van der Waals surface area (Å²) in [6.07, 6.45) is 3.52. The average molecular weight is 144 g/mol. The fourth-order valence-corrected chi connectivity index (χ4v) is 1.06. The van der Waals surface area contributed by atoms with Crippen LogP contribution in [0.4, 0.5) is 0 Å². The highest BCUT2D eigenvalue weighted by Crippen LogP contribution is 1.99.